The van der Waals surface area contributed by atoms with Gasteiger partial charge in [0.15, 0.2) is 5.96 Å². The maximum atomic E-state index is 13.8. The zero-order valence-corrected chi connectivity index (χ0v) is 19.3. The molecule has 1 aliphatic rings. The molecule has 2 heterocycles. The first-order chi connectivity index (χ1) is 13.7. The normalized spacial score (nSPS) is 16.1. The Kier molecular flexibility index (Phi) is 9.86. The molecule has 8 heteroatoms. The highest BCUT2D eigenvalue weighted by atomic mass is 127. The van der Waals surface area contributed by atoms with Crippen LogP contribution in [0.2, 0.25) is 0 Å². The van der Waals surface area contributed by atoms with Crippen LogP contribution in [-0.4, -0.2) is 48.6 Å². The summed E-state index contributed by atoms with van der Waals surface area (Å²) in [5.41, 5.74) is 0.826. The quantitative estimate of drug-likeness (QED) is 0.245. The van der Waals surface area contributed by atoms with E-state index in [9.17, 15) is 4.39 Å². The smallest absolute Gasteiger partial charge is 0.191 e. The lowest BCUT2D eigenvalue weighted by Gasteiger charge is -2.36. The average molecular weight is 515 g/mol. The van der Waals surface area contributed by atoms with E-state index in [2.05, 4.69) is 22.7 Å². The summed E-state index contributed by atoms with van der Waals surface area (Å²) in [6, 6.07) is 8.85. The topological polar surface area (TPSA) is 63.5 Å². The van der Waals surface area contributed by atoms with E-state index in [1.165, 1.54) is 6.07 Å². The van der Waals surface area contributed by atoms with Gasteiger partial charge in [-0.25, -0.2) is 4.39 Å². The Morgan fingerprint density at radius 1 is 1.28 bits per heavy atom. The van der Waals surface area contributed by atoms with E-state index in [0.29, 0.717) is 19.8 Å². The molecule has 1 aliphatic heterocycles. The Bertz CT molecular complexity index is 747. The molecule has 6 nitrogen and oxygen atoms in total. The summed E-state index contributed by atoms with van der Waals surface area (Å²) in [6.07, 6.45) is 6.40. The van der Waals surface area contributed by atoms with Gasteiger partial charge in [-0.15, -0.1) is 24.0 Å². The Labute approximate surface area is 189 Å². The Hall–Kier alpha value is -1.68. The number of halogens is 2. The highest BCUT2D eigenvalue weighted by Gasteiger charge is 2.34. The van der Waals surface area contributed by atoms with Crippen molar-refractivity contribution in [2.24, 2.45) is 4.99 Å². The molecule has 0 unspecified atom stereocenters. The fraction of sp³-hybridized carbons (Fsp3) is 0.524. The summed E-state index contributed by atoms with van der Waals surface area (Å²) >= 11 is 0. The van der Waals surface area contributed by atoms with Gasteiger partial charge in [0.2, 0.25) is 0 Å². The molecule has 1 fully saturated rings. The Morgan fingerprint density at radius 2 is 2.10 bits per heavy atom. The third-order valence-corrected chi connectivity index (χ3v) is 5.19. The fourth-order valence-corrected chi connectivity index (χ4v) is 3.57. The van der Waals surface area contributed by atoms with E-state index in [1.54, 1.807) is 18.3 Å². The summed E-state index contributed by atoms with van der Waals surface area (Å²) in [5, 5.41) is 10.9. The zero-order valence-electron chi connectivity index (χ0n) is 16.9. The summed E-state index contributed by atoms with van der Waals surface area (Å²) in [7, 11) is 0. The number of benzene rings is 1. The molecule has 0 bridgehead atoms. The first-order valence-electron chi connectivity index (χ1n) is 10.1. The standard InChI is InChI=1S/C21H30FN5O.HI/c1-2-23-20(24-10-4-12-27-13-5-11-26-27)25-17-21(8-14-28-15-9-21)18-6-3-7-19(22)16-18;/h3,5-7,11,13,16H,2,4,8-10,12,14-15,17H2,1H3,(H2,23,24,25);1H. The minimum absolute atomic E-state index is 0. The molecule has 160 valence electrons. The van der Waals surface area contributed by atoms with Crippen molar-refractivity contribution in [1.29, 1.82) is 0 Å². The number of rotatable bonds is 8. The second-order valence-electron chi connectivity index (χ2n) is 7.15. The maximum absolute atomic E-state index is 13.8. The van der Waals surface area contributed by atoms with Gasteiger partial charge in [0.05, 0.1) is 6.54 Å². The van der Waals surface area contributed by atoms with Gasteiger partial charge in [-0.1, -0.05) is 12.1 Å². The van der Waals surface area contributed by atoms with Crippen molar-refractivity contribution in [1.82, 2.24) is 20.4 Å². The van der Waals surface area contributed by atoms with E-state index in [0.717, 1.165) is 50.4 Å². The maximum Gasteiger partial charge on any atom is 0.191 e. The molecule has 0 amide bonds. The van der Waals surface area contributed by atoms with Crippen LogP contribution in [-0.2, 0) is 16.7 Å². The summed E-state index contributed by atoms with van der Waals surface area (Å²) in [4.78, 5) is 4.84. The molecule has 1 saturated heterocycles. The van der Waals surface area contributed by atoms with Crippen LogP contribution in [0, 0.1) is 5.82 Å². The number of ether oxygens (including phenoxy) is 1. The van der Waals surface area contributed by atoms with Crippen LogP contribution in [0.4, 0.5) is 4.39 Å². The minimum atomic E-state index is -0.198. The van der Waals surface area contributed by atoms with Gasteiger partial charge in [0.25, 0.3) is 0 Å². The van der Waals surface area contributed by atoms with Crippen molar-refractivity contribution in [3.05, 3.63) is 54.1 Å². The van der Waals surface area contributed by atoms with Crippen molar-refractivity contribution in [2.45, 2.75) is 38.1 Å². The lowest BCUT2D eigenvalue weighted by atomic mass is 9.74. The molecule has 0 aliphatic carbocycles. The van der Waals surface area contributed by atoms with Crippen molar-refractivity contribution < 1.29 is 9.13 Å². The van der Waals surface area contributed by atoms with E-state index < -0.39 is 0 Å². The number of hydrogen-bond acceptors (Lipinski definition) is 3. The minimum Gasteiger partial charge on any atom is -0.381 e. The number of nitrogens with zero attached hydrogens (tertiary/aromatic N) is 3. The van der Waals surface area contributed by atoms with Crippen molar-refractivity contribution in [3.63, 3.8) is 0 Å². The highest BCUT2D eigenvalue weighted by molar-refractivity contribution is 14.0. The van der Waals surface area contributed by atoms with Crippen LogP contribution in [0.25, 0.3) is 0 Å². The summed E-state index contributed by atoms with van der Waals surface area (Å²) in [5.74, 6) is 0.598. The van der Waals surface area contributed by atoms with Crippen LogP contribution in [0.5, 0.6) is 0 Å². The summed E-state index contributed by atoms with van der Waals surface area (Å²) in [6.45, 7) is 6.48. The van der Waals surface area contributed by atoms with Gasteiger partial charge in [-0.2, -0.15) is 5.10 Å². The van der Waals surface area contributed by atoms with Gasteiger partial charge in [-0.3, -0.25) is 9.67 Å². The molecule has 0 spiro atoms. The molecular weight excluding hydrogens is 484 g/mol. The largest absolute Gasteiger partial charge is 0.381 e. The lowest BCUT2D eigenvalue weighted by Crippen LogP contribution is -2.41. The second-order valence-corrected chi connectivity index (χ2v) is 7.15. The molecule has 1 aromatic heterocycles. The number of guanidine groups is 1. The zero-order chi connectivity index (χ0) is 19.7. The Balaban J connectivity index is 0.00000300. The van der Waals surface area contributed by atoms with E-state index >= 15 is 0 Å². The van der Waals surface area contributed by atoms with Crippen molar-refractivity contribution in [3.8, 4) is 0 Å². The molecule has 1 aromatic carbocycles. The highest BCUT2D eigenvalue weighted by Crippen LogP contribution is 2.35. The van der Waals surface area contributed by atoms with Crippen LogP contribution < -0.4 is 10.6 Å². The monoisotopic (exact) mass is 515 g/mol. The fourth-order valence-electron chi connectivity index (χ4n) is 3.57. The SMILES string of the molecule is CCNC(=NCC1(c2cccc(F)c2)CCOCC1)NCCCn1cccn1.I. The third-order valence-electron chi connectivity index (χ3n) is 5.19. The molecule has 3 rings (SSSR count). The number of hydrogen-bond donors (Lipinski definition) is 2. The second kappa shape index (κ2) is 12.1. The lowest BCUT2D eigenvalue weighted by molar-refractivity contribution is 0.0530. The third kappa shape index (κ3) is 6.95. The molecule has 2 aromatic rings. The van der Waals surface area contributed by atoms with Crippen molar-refractivity contribution in [2.75, 3.05) is 32.8 Å². The van der Waals surface area contributed by atoms with Gasteiger partial charge >= 0.3 is 0 Å². The predicted octanol–water partition coefficient (Wildman–Crippen LogP) is 3.33. The molecule has 2 N–H and O–H groups in total. The molecular formula is C21H31FIN5O. The van der Waals surface area contributed by atoms with Crippen LogP contribution in [0.3, 0.4) is 0 Å². The van der Waals surface area contributed by atoms with E-state index in [4.69, 9.17) is 9.73 Å². The predicted molar refractivity (Wildman–Crippen MR) is 124 cm³/mol. The molecule has 0 radical (unpaired) electrons. The molecule has 0 saturated carbocycles. The average Bonchev–Trinajstić information content (AvgIpc) is 3.23. The van der Waals surface area contributed by atoms with Crippen LogP contribution in [0.1, 0.15) is 31.7 Å². The first kappa shape index (κ1) is 23.6. The van der Waals surface area contributed by atoms with E-state index in [-0.39, 0.29) is 35.2 Å². The van der Waals surface area contributed by atoms with Gasteiger partial charge < -0.3 is 15.4 Å². The van der Waals surface area contributed by atoms with Gasteiger partial charge in [-0.05, 0) is 49.9 Å². The first-order valence-corrected chi connectivity index (χ1v) is 10.1. The van der Waals surface area contributed by atoms with Crippen LogP contribution in [0.15, 0.2) is 47.7 Å². The number of aliphatic imine (C=N–C) groups is 1. The molecule has 29 heavy (non-hydrogen) atoms. The summed E-state index contributed by atoms with van der Waals surface area (Å²) < 4.78 is 21.3. The van der Waals surface area contributed by atoms with Gasteiger partial charge in [0.1, 0.15) is 5.82 Å². The van der Waals surface area contributed by atoms with E-state index in [1.807, 2.05) is 23.0 Å². The number of aromatic nitrogens is 2. The van der Waals surface area contributed by atoms with Gasteiger partial charge in [0, 0.05) is 50.7 Å². The number of nitrogens with one attached hydrogen (secondary N) is 2. The number of aryl methyl sites for hydroxylation is 1. The Morgan fingerprint density at radius 3 is 2.79 bits per heavy atom. The van der Waals surface area contributed by atoms with Crippen LogP contribution >= 0.6 is 24.0 Å². The molecule has 0 atom stereocenters. The van der Waals surface area contributed by atoms with Crippen molar-refractivity contribution >= 4 is 29.9 Å².